The SMILES string of the molecule is C#Cc1cccc(OCc2ccccc2I)c1. The third-order valence-corrected chi connectivity index (χ3v) is 3.41. The normalized spacial score (nSPS) is 9.65. The minimum Gasteiger partial charge on any atom is -0.489 e. The Balaban J connectivity index is 2.08. The molecule has 0 fully saturated rings. The molecule has 84 valence electrons. The number of hydrogen-bond acceptors (Lipinski definition) is 1. The van der Waals surface area contributed by atoms with E-state index in [1.165, 1.54) is 9.13 Å². The Morgan fingerprint density at radius 2 is 1.94 bits per heavy atom. The first-order valence-electron chi connectivity index (χ1n) is 5.22. The van der Waals surface area contributed by atoms with Crippen molar-refractivity contribution in [2.75, 3.05) is 0 Å². The second kappa shape index (κ2) is 5.74. The van der Waals surface area contributed by atoms with E-state index in [9.17, 15) is 0 Å². The number of hydrogen-bond donors (Lipinski definition) is 0. The van der Waals surface area contributed by atoms with Crippen LogP contribution in [-0.2, 0) is 6.61 Å². The van der Waals surface area contributed by atoms with E-state index in [0.29, 0.717) is 6.61 Å². The molecular weight excluding hydrogens is 323 g/mol. The highest BCUT2D eigenvalue weighted by Gasteiger charge is 2.00. The zero-order valence-corrected chi connectivity index (χ0v) is 11.3. The molecule has 0 N–H and O–H groups in total. The highest BCUT2D eigenvalue weighted by Crippen LogP contribution is 2.17. The molecule has 2 rings (SSSR count). The lowest BCUT2D eigenvalue weighted by atomic mass is 10.2. The van der Waals surface area contributed by atoms with Gasteiger partial charge in [-0.3, -0.25) is 0 Å². The van der Waals surface area contributed by atoms with Crippen molar-refractivity contribution in [2.24, 2.45) is 0 Å². The number of ether oxygens (including phenoxy) is 1. The molecule has 2 heteroatoms. The molecule has 0 aliphatic rings. The van der Waals surface area contributed by atoms with Crippen LogP contribution in [-0.4, -0.2) is 0 Å². The first-order chi connectivity index (χ1) is 8.29. The topological polar surface area (TPSA) is 9.23 Å². The standard InChI is InChI=1S/C15H11IO/c1-2-12-6-5-8-14(10-12)17-11-13-7-3-4-9-15(13)16/h1,3-10H,11H2. The molecule has 17 heavy (non-hydrogen) atoms. The molecule has 2 aromatic rings. The minimum atomic E-state index is 0.563. The van der Waals surface area contributed by atoms with Gasteiger partial charge in [0.2, 0.25) is 0 Å². The summed E-state index contributed by atoms with van der Waals surface area (Å²) in [6.07, 6.45) is 5.34. The van der Waals surface area contributed by atoms with E-state index in [1.807, 2.05) is 36.4 Å². The van der Waals surface area contributed by atoms with Gasteiger partial charge in [0.05, 0.1) is 0 Å². The Hall–Kier alpha value is -1.47. The molecule has 0 amide bonds. The molecule has 0 heterocycles. The van der Waals surface area contributed by atoms with Gasteiger partial charge in [-0.25, -0.2) is 0 Å². The van der Waals surface area contributed by atoms with Gasteiger partial charge in [0, 0.05) is 14.7 Å². The van der Waals surface area contributed by atoms with Crippen LogP contribution in [0.1, 0.15) is 11.1 Å². The summed E-state index contributed by atoms with van der Waals surface area (Å²) in [5.74, 6) is 3.40. The van der Waals surface area contributed by atoms with Crippen molar-refractivity contribution < 1.29 is 4.74 Å². The van der Waals surface area contributed by atoms with Crippen molar-refractivity contribution in [3.63, 3.8) is 0 Å². The van der Waals surface area contributed by atoms with Gasteiger partial charge in [-0.1, -0.05) is 30.2 Å². The summed E-state index contributed by atoms with van der Waals surface area (Å²) in [6, 6.07) is 15.7. The number of halogens is 1. The van der Waals surface area contributed by atoms with Crippen molar-refractivity contribution >= 4 is 22.6 Å². The average molecular weight is 334 g/mol. The van der Waals surface area contributed by atoms with E-state index >= 15 is 0 Å². The van der Waals surface area contributed by atoms with Crippen LogP contribution in [0.2, 0.25) is 0 Å². The van der Waals surface area contributed by atoms with Gasteiger partial charge in [0.15, 0.2) is 0 Å². The third kappa shape index (κ3) is 3.24. The predicted molar refractivity (Wildman–Crippen MR) is 77.9 cm³/mol. The largest absolute Gasteiger partial charge is 0.489 e. The van der Waals surface area contributed by atoms with Crippen molar-refractivity contribution in [3.8, 4) is 18.1 Å². The average Bonchev–Trinajstić information content (AvgIpc) is 2.38. The summed E-state index contributed by atoms with van der Waals surface area (Å²) in [7, 11) is 0. The highest BCUT2D eigenvalue weighted by molar-refractivity contribution is 14.1. The lowest BCUT2D eigenvalue weighted by Crippen LogP contribution is -1.97. The predicted octanol–water partition coefficient (Wildman–Crippen LogP) is 3.85. The highest BCUT2D eigenvalue weighted by atomic mass is 127. The van der Waals surface area contributed by atoms with Crippen LogP contribution in [0.4, 0.5) is 0 Å². The second-order valence-corrected chi connectivity index (χ2v) is 4.71. The third-order valence-electron chi connectivity index (χ3n) is 2.35. The van der Waals surface area contributed by atoms with E-state index in [0.717, 1.165) is 11.3 Å². The fraction of sp³-hybridized carbons (Fsp3) is 0.0667. The first kappa shape index (κ1) is 12.0. The van der Waals surface area contributed by atoms with Crippen LogP contribution in [0.5, 0.6) is 5.75 Å². The summed E-state index contributed by atoms with van der Waals surface area (Å²) in [6.45, 7) is 0.563. The molecule has 0 spiro atoms. The van der Waals surface area contributed by atoms with Crippen molar-refractivity contribution in [3.05, 3.63) is 63.2 Å². The molecule has 0 saturated heterocycles. The van der Waals surface area contributed by atoms with Crippen LogP contribution < -0.4 is 4.74 Å². The van der Waals surface area contributed by atoms with Gasteiger partial charge in [-0.15, -0.1) is 6.42 Å². The van der Waals surface area contributed by atoms with E-state index < -0.39 is 0 Å². The Labute approximate surface area is 115 Å². The van der Waals surface area contributed by atoms with Gasteiger partial charge in [-0.2, -0.15) is 0 Å². The zero-order valence-electron chi connectivity index (χ0n) is 9.19. The van der Waals surface area contributed by atoms with Crippen LogP contribution in [0.15, 0.2) is 48.5 Å². The Kier molecular flexibility index (Phi) is 4.05. The van der Waals surface area contributed by atoms with Crippen LogP contribution in [0.3, 0.4) is 0 Å². The molecule has 1 nitrogen and oxygen atoms in total. The van der Waals surface area contributed by atoms with Crippen LogP contribution in [0, 0.1) is 15.9 Å². The maximum Gasteiger partial charge on any atom is 0.121 e. The summed E-state index contributed by atoms with van der Waals surface area (Å²) in [5.41, 5.74) is 2.02. The van der Waals surface area contributed by atoms with E-state index in [-0.39, 0.29) is 0 Å². The molecule has 0 unspecified atom stereocenters. The lowest BCUT2D eigenvalue weighted by molar-refractivity contribution is 0.305. The summed E-state index contributed by atoms with van der Waals surface area (Å²) < 4.78 is 6.92. The van der Waals surface area contributed by atoms with Gasteiger partial charge in [0.25, 0.3) is 0 Å². The maximum atomic E-state index is 5.72. The molecule has 0 radical (unpaired) electrons. The molecular formula is C15H11IO. The number of terminal acetylenes is 1. The van der Waals surface area contributed by atoms with Gasteiger partial charge in [-0.05, 0) is 46.9 Å². The molecule has 0 aromatic heterocycles. The first-order valence-corrected chi connectivity index (χ1v) is 6.30. The Morgan fingerprint density at radius 3 is 2.71 bits per heavy atom. The van der Waals surface area contributed by atoms with Crippen LogP contribution in [0.25, 0.3) is 0 Å². The Morgan fingerprint density at radius 1 is 1.12 bits per heavy atom. The second-order valence-electron chi connectivity index (χ2n) is 3.55. The molecule has 0 bridgehead atoms. The minimum absolute atomic E-state index is 0.563. The van der Waals surface area contributed by atoms with E-state index in [2.05, 4.69) is 40.6 Å². The monoisotopic (exact) mass is 334 g/mol. The van der Waals surface area contributed by atoms with E-state index in [4.69, 9.17) is 11.2 Å². The lowest BCUT2D eigenvalue weighted by Gasteiger charge is -2.08. The van der Waals surface area contributed by atoms with Crippen molar-refractivity contribution in [1.29, 1.82) is 0 Å². The fourth-order valence-electron chi connectivity index (χ4n) is 1.45. The van der Waals surface area contributed by atoms with Gasteiger partial charge >= 0.3 is 0 Å². The number of rotatable bonds is 3. The smallest absolute Gasteiger partial charge is 0.121 e. The van der Waals surface area contributed by atoms with Crippen molar-refractivity contribution in [1.82, 2.24) is 0 Å². The van der Waals surface area contributed by atoms with Gasteiger partial charge < -0.3 is 4.74 Å². The summed E-state index contributed by atoms with van der Waals surface area (Å²) in [5, 5.41) is 0. The molecule has 2 aromatic carbocycles. The van der Waals surface area contributed by atoms with E-state index in [1.54, 1.807) is 0 Å². The zero-order chi connectivity index (χ0) is 12.1. The number of benzene rings is 2. The molecule has 0 aliphatic carbocycles. The molecule has 0 aliphatic heterocycles. The van der Waals surface area contributed by atoms with Gasteiger partial charge in [0.1, 0.15) is 12.4 Å². The fourth-order valence-corrected chi connectivity index (χ4v) is 2.00. The summed E-state index contributed by atoms with van der Waals surface area (Å²) >= 11 is 2.30. The quantitative estimate of drug-likeness (QED) is 0.612. The van der Waals surface area contributed by atoms with Crippen molar-refractivity contribution in [2.45, 2.75) is 6.61 Å². The molecule has 0 atom stereocenters. The van der Waals surface area contributed by atoms with Crippen LogP contribution >= 0.6 is 22.6 Å². The maximum absolute atomic E-state index is 5.72. The Bertz CT molecular complexity index is 555. The molecule has 0 saturated carbocycles. The summed E-state index contributed by atoms with van der Waals surface area (Å²) in [4.78, 5) is 0.